The summed E-state index contributed by atoms with van der Waals surface area (Å²) in [7, 11) is 1.82. The van der Waals surface area contributed by atoms with Crippen molar-refractivity contribution in [3.8, 4) is 0 Å². The van der Waals surface area contributed by atoms with Crippen molar-refractivity contribution in [1.29, 1.82) is 0 Å². The molecule has 1 aromatic rings. The molecule has 0 bridgehead atoms. The van der Waals surface area contributed by atoms with E-state index in [0.29, 0.717) is 12.1 Å². The summed E-state index contributed by atoms with van der Waals surface area (Å²) in [6.45, 7) is 7.46. The van der Waals surface area contributed by atoms with Gasteiger partial charge in [0.2, 0.25) is 0 Å². The Balaban J connectivity index is 2.26. The van der Waals surface area contributed by atoms with Crippen LogP contribution in [0.5, 0.6) is 0 Å². The number of hydrogen-bond acceptors (Lipinski definition) is 3. The lowest BCUT2D eigenvalue weighted by Gasteiger charge is -2.36. The minimum atomic E-state index is 0.352. The third-order valence-corrected chi connectivity index (χ3v) is 4.51. The molecule has 1 saturated heterocycles. The van der Waals surface area contributed by atoms with E-state index in [9.17, 15) is 0 Å². The average molecular weight is 341 g/mol. The molecule has 2 atom stereocenters. The second-order valence-corrected chi connectivity index (χ2v) is 6.34. The van der Waals surface area contributed by atoms with E-state index in [4.69, 9.17) is 4.74 Å². The van der Waals surface area contributed by atoms with Crippen molar-refractivity contribution in [3.05, 3.63) is 28.2 Å². The van der Waals surface area contributed by atoms with Crippen LogP contribution in [0.4, 0.5) is 5.69 Å². The van der Waals surface area contributed by atoms with Crippen LogP contribution < -0.4 is 10.2 Å². The first-order valence-corrected chi connectivity index (χ1v) is 8.25. The summed E-state index contributed by atoms with van der Waals surface area (Å²) in [5.41, 5.74) is 2.70. The van der Waals surface area contributed by atoms with Crippen LogP contribution in [-0.4, -0.2) is 32.8 Å². The van der Waals surface area contributed by atoms with Gasteiger partial charge in [0.1, 0.15) is 0 Å². The molecule has 1 N–H and O–H groups in total. The molecule has 0 aliphatic carbocycles. The monoisotopic (exact) mass is 340 g/mol. The third kappa shape index (κ3) is 3.74. The Morgan fingerprint density at radius 3 is 3.00 bits per heavy atom. The van der Waals surface area contributed by atoms with Gasteiger partial charge in [0.25, 0.3) is 0 Å². The van der Waals surface area contributed by atoms with E-state index in [2.05, 4.69) is 58.2 Å². The quantitative estimate of drug-likeness (QED) is 0.883. The number of methoxy groups -OCH3 is 1. The fourth-order valence-corrected chi connectivity index (χ4v) is 3.27. The summed E-state index contributed by atoms with van der Waals surface area (Å²) < 4.78 is 6.69. The van der Waals surface area contributed by atoms with E-state index in [1.165, 1.54) is 24.1 Å². The van der Waals surface area contributed by atoms with E-state index < -0.39 is 0 Å². The van der Waals surface area contributed by atoms with Crippen LogP contribution in [0.15, 0.2) is 22.7 Å². The zero-order valence-corrected chi connectivity index (χ0v) is 14.2. The molecule has 1 aliphatic heterocycles. The molecule has 0 radical (unpaired) electrons. The average Bonchev–Trinajstić information content (AvgIpc) is 2.47. The van der Waals surface area contributed by atoms with Crippen molar-refractivity contribution in [1.82, 2.24) is 5.32 Å². The van der Waals surface area contributed by atoms with Gasteiger partial charge in [0.15, 0.2) is 0 Å². The van der Waals surface area contributed by atoms with E-state index in [1.807, 2.05) is 7.11 Å². The number of anilines is 1. The molecule has 4 heteroatoms. The van der Waals surface area contributed by atoms with E-state index >= 15 is 0 Å². The van der Waals surface area contributed by atoms with Gasteiger partial charge in [-0.3, -0.25) is 0 Å². The first-order chi connectivity index (χ1) is 9.65. The van der Waals surface area contributed by atoms with Gasteiger partial charge in [-0.25, -0.2) is 0 Å². The molecule has 0 spiro atoms. The van der Waals surface area contributed by atoms with Crippen LogP contribution >= 0.6 is 15.9 Å². The summed E-state index contributed by atoms with van der Waals surface area (Å²) >= 11 is 3.60. The SMILES string of the molecule is CCNC(C)c1ccc(Br)cc1N1CCCC(OC)C1. The Morgan fingerprint density at radius 1 is 1.50 bits per heavy atom. The number of nitrogens with zero attached hydrogens (tertiary/aromatic N) is 1. The van der Waals surface area contributed by atoms with Crippen molar-refractivity contribution in [2.75, 3.05) is 31.6 Å². The van der Waals surface area contributed by atoms with Crippen LogP contribution in [0.25, 0.3) is 0 Å². The number of ether oxygens (including phenoxy) is 1. The maximum atomic E-state index is 5.55. The van der Waals surface area contributed by atoms with Gasteiger partial charge in [0.05, 0.1) is 6.10 Å². The molecule has 1 aromatic carbocycles. The van der Waals surface area contributed by atoms with Gasteiger partial charge in [-0.05, 0) is 44.0 Å². The molecule has 0 aromatic heterocycles. The summed E-state index contributed by atoms with van der Waals surface area (Å²) in [6, 6.07) is 6.96. The van der Waals surface area contributed by atoms with Crippen LogP contribution in [0, 0.1) is 0 Å². The van der Waals surface area contributed by atoms with Gasteiger partial charge >= 0.3 is 0 Å². The van der Waals surface area contributed by atoms with Gasteiger partial charge < -0.3 is 15.0 Å². The number of benzene rings is 1. The van der Waals surface area contributed by atoms with Gasteiger partial charge in [-0.15, -0.1) is 0 Å². The molecule has 0 amide bonds. The van der Waals surface area contributed by atoms with Crippen molar-refractivity contribution >= 4 is 21.6 Å². The van der Waals surface area contributed by atoms with Crippen LogP contribution in [0.3, 0.4) is 0 Å². The lowest BCUT2D eigenvalue weighted by molar-refractivity contribution is 0.0893. The normalized spacial score (nSPS) is 21.0. The minimum absolute atomic E-state index is 0.352. The highest BCUT2D eigenvalue weighted by Gasteiger charge is 2.23. The van der Waals surface area contributed by atoms with Crippen molar-refractivity contribution in [3.63, 3.8) is 0 Å². The fraction of sp³-hybridized carbons (Fsp3) is 0.625. The van der Waals surface area contributed by atoms with Gasteiger partial charge in [-0.1, -0.05) is 28.9 Å². The molecular formula is C16H25BrN2O. The van der Waals surface area contributed by atoms with Crippen molar-refractivity contribution in [2.45, 2.75) is 38.8 Å². The first-order valence-electron chi connectivity index (χ1n) is 7.46. The number of nitrogens with one attached hydrogen (secondary N) is 1. The van der Waals surface area contributed by atoms with Crippen LogP contribution in [0.1, 0.15) is 38.3 Å². The van der Waals surface area contributed by atoms with Crippen LogP contribution in [0.2, 0.25) is 0 Å². The summed E-state index contributed by atoms with van der Waals surface area (Å²) in [6.07, 6.45) is 2.71. The van der Waals surface area contributed by atoms with E-state index in [-0.39, 0.29) is 0 Å². The fourth-order valence-electron chi connectivity index (χ4n) is 2.92. The molecule has 0 saturated carbocycles. The standard InChI is InChI=1S/C16H25BrN2O/c1-4-18-12(2)15-8-7-13(17)10-16(15)19-9-5-6-14(11-19)20-3/h7-8,10,12,14,18H,4-6,9,11H2,1-3H3. The number of rotatable bonds is 5. The zero-order valence-electron chi connectivity index (χ0n) is 12.7. The number of piperidine rings is 1. The van der Waals surface area contributed by atoms with Gasteiger partial charge in [0, 0.05) is 36.4 Å². The molecule has 1 aliphatic rings. The summed E-state index contributed by atoms with van der Waals surface area (Å²) in [5, 5.41) is 3.51. The Kier molecular flexibility index (Phi) is 5.87. The Labute approximate surface area is 130 Å². The second-order valence-electron chi connectivity index (χ2n) is 5.43. The largest absolute Gasteiger partial charge is 0.380 e. The number of halogens is 1. The van der Waals surface area contributed by atoms with Crippen molar-refractivity contribution < 1.29 is 4.74 Å². The molecule has 3 nitrogen and oxygen atoms in total. The second kappa shape index (κ2) is 7.43. The van der Waals surface area contributed by atoms with E-state index in [1.54, 1.807) is 0 Å². The smallest absolute Gasteiger partial charge is 0.0746 e. The molecular weight excluding hydrogens is 316 g/mol. The number of hydrogen-bond donors (Lipinski definition) is 1. The predicted molar refractivity (Wildman–Crippen MR) is 88.5 cm³/mol. The summed E-state index contributed by atoms with van der Waals surface area (Å²) in [4.78, 5) is 2.46. The highest BCUT2D eigenvalue weighted by atomic mass is 79.9. The molecule has 1 heterocycles. The molecule has 1 fully saturated rings. The molecule has 2 unspecified atom stereocenters. The van der Waals surface area contributed by atoms with Gasteiger partial charge in [-0.2, -0.15) is 0 Å². The first kappa shape index (κ1) is 15.8. The highest BCUT2D eigenvalue weighted by Crippen LogP contribution is 2.32. The summed E-state index contributed by atoms with van der Waals surface area (Å²) in [5.74, 6) is 0. The molecule has 20 heavy (non-hydrogen) atoms. The Bertz CT molecular complexity index is 438. The molecule has 2 rings (SSSR count). The lowest BCUT2D eigenvalue weighted by atomic mass is 10.0. The topological polar surface area (TPSA) is 24.5 Å². The van der Waals surface area contributed by atoms with E-state index in [0.717, 1.165) is 24.1 Å². The third-order valence-electron chi connectivity index (χ3n) is 4.02. The lowest BCUT2D eigenvalue weighted by Crippen LogP contribution is -2.40. The Morgan fingerprint density at radius 2 is 2.30 bits per heavy atom. The van der Waals surface area contributed by atoms with Crippen LogP contribution in [-0.2, 0) is 4.74 Å². The predicted octanol–water partition coefficient (Wildman–Crippen LogP) is 3.73. The van der Waals surface area contributed by atoms with Crippen molar-refractivity contribution in [2.24, 2.45) is 0 Å². The zero-order chi connectivity index (χ0) is 14.5. The maximum Gasteiger partial charge on any atom is 0.0746 e. The maximum absolute atomic E-state index is 5.55. The Hall–Kier alpha value is -0.580. The highest BCUT2D eigenvalue weighted by molar-refractivity contribution is 9.10. The molecule has 112 valence electrons. The minimum Gasteiger partial charge on any atom is -0.380 e.